The van der Waals surface area contributed by atoms with Crippen LogP contribution in [-0.4, -0.2) is 62.8 Å². The summed E-state index contributed by atoms with van der Waals surface area (Å²) in [6.45, 7) is 3.41. The van der Waals surface area contributed by atoms with Crippen molar-refractivity contribution >= 4 is 14.2 Å². The summed E-state index contributed by atoms with van der Waals surface area (Å²) in [5.74, 6) is -0.157. The van der Waals surface area contributed by atoms with Crippen molar-refractivity contribution in [2.45, 2.75) is 39.4 Å². The van der Waals surface area contributed by atoms with Crippen molar-refractivity contribution < 1.29 is 44.3 Å². The van der Waals surface area contributed by atoms with Gasteiger partial charge in [-0.05, 0) is 6.42 Å². The molecule has 0 aromatic carbocycles. The molecular formula is C10H27O9P. The standard InChI is InChI=1S/C4H8O2.C4H10O2.C2H6O2.H3O3P/c1-3-4(5)6-2;1-2-3-4(5)6;3-1-2-4;1-4(2)3/h3H2,1-2H3;4-6H,2-3H2,1H3;3-4H,1-2H2;4H,(H2,1,2,3). The van der Waals surface area contributed by atoms with Crippen LogP contribution in [0, 0.1) is 0 Å². The smallest absolute Gasteiger partial charge is 0.314 e. The number of hydrogen-bond acceptors (Lipinski definition) is 7. The van der Waals surface area contributed by atoms with Crippen molar-refractivity contribution in [2.24, 2.45) is 0 Å². The Labute approximate surface area is 119 Å². The van der Waals surface area contributed by atoms with E-state index in [1.54, 1.807) is 6.92 Å². The predicted molar refractivity (Wildman–Crippen MR) is 73.1 cm³/mol. The van der Waals surface area contributed by atoms with Gasteiger partial charge in [-0.25, -0.2) is 0 Å². The first kappa shape index (κ1) is 27.7. The van der Waals surface area contributed by atoms with Crippen LogP contribution in [0.5, 0.6) is 0 Å². The molecule has 0 fully saturated rings. The van der Waals surface area contributed by atoms with E-state index in [2.05, 4.69) is 4.74 Å². The van der Waals surface area contributed by atoms with Gasteiger partial charge in [0.25, 0.3) is 0 Å². The molecule has 0 unspecified atom stereocenters. The van der Waals surface area contributed by atoms with Gasteiger partial charge >= 0.3 is 14.2 Å². The van der Waals surface area contributed by atoms with Crippen LogP contribution in [0.15, 0.2) is 0 Å². The number of hydrogen-bond donors (Lipinski definition) is 6. The molecule has 0 radical (unpaired) electrons. The number of methoxy groups -OCH3 is 1. The van der Waals surface area contributed by atoms with Gasteiger partial charge in [0, 0.05) is 6.42 Å². The van der Waals surface area contributed by atoms with Crippen molar-refractivity contribution in [3.63, 3.8) is 0 Å². The summed E-state index contributed by atoms with van der Waals surface area (Å²) in [6, 6.07) is 0. The maximum Gasteiger partial charge on any atom is 0.314 e. The second kappa shape index (κ2) is 26.9. The van der Waals surface area contributed by atoms with Gasteiger partial charge in [0.15, 0.2) is 6.29 Å². The second-order valence-electron chi connectivity index (χ2n) is 2.93. The monoisotopic (exact) mass is 322 g/mol. The van der Waals surface area contributed by atoms with Crippen LogP contribution in [0.25, 0.3) is 0 Å². The molecule has 0 rings (SSSR count). The van der Waals surface area contributed by atoms with Gasteiger partial charge in [-0.2, -0.15) is 0 Å². The Morgan fingerprint density at radius 3 is 1.50 bits per heavy atom. The molecule has 0 spiro atoms. The Bertz CT molecular complexity index is 187. The van der Waals surface area contributed by atoms with E-state index in [0.29, 0.717) is 12.8 Å². The number of aliphatic hydroxyl groups is 4. The first-order valence-corrected chi connectivity index (χ1v) is 7.10. The average molecular weight is 322 g/mol. The Hall–Kier alpha value is -0.540. The zero-order valence-corrected chi connectivity index (χ0v) is 13.0. The van der Waals surface area contributed by atoms with E-state index in [-0.39, 0.29) is 19.2 Å². The lowest BCUT2D eigenvalue weighted by atomic mass is 10.3. The fourth-order valence-corrected chi connectivity index (χ4v) is 0.403. The van der Waals surface area contributed by atoms with E-state index in [9.17, 15) is 4.79 Å². The second-order valence-corrected chi connectivity index (χ2v) is 3.49. The molecule has 10 heteroatoms. The normalized spacial score (nSPS) is 8.55. The third kappa shape index (κ3) is 85.0. The highest BCUT2D eigenvalue weighted by Gasteiger charge is 1.89. The molecule has 126 valence electrons. The van der Waals surface area contributed by atoms with Crippen molar-refractivity contribution in [2.75, 3.05) is 20.3 Å². The van der Waals surface area contributed by atoms with Crippen LogP contribution in [0.3, 0.4) is 0 Å². The lowest BCUT2D eigenvalue weighted by molar-refractivity contribution is -0.140. The van der Waals surface area contributed by atoms with E-state index in [1.807, 2.05) is 6.92 Å². The first-order chi connectivity index (χ1) is 9.22. The fourth-order valence-electron chi connectivity index (χ4n) is 0.403. The van der Waals surface area contributed by atoms with E-state index in [1.165, 1.54) is 7.11 Å². The zero-order chi connectivity index (χ0) is 17.0. The van der Waals surface area contributed by atoms with Crippen LogP contribution >= 0.6 is 8.25 Å². The molecule has 0 aliphatic carbocycles. The Balaban J connectivity index is -0.0000000871. The molecule has 0 atom stereocenters. The van der Waals surface area contributed by atoms with E-state index >= 15 is 0 Å². The van der Waals surface area contributed by atoms with Gasteiger partial charge in [-0.1, -0.05) is 20.3 Å². The van der Waals surface area contributed by atoms with Gasteiger partial charge in [0.2, 0.25) is 0 Å². The predicted octanol–water partition coefficient (Wildman–Crippen LogP) is -1.00. The summed E-state index contributed by atoms with van der Waals surface area (Å²) in [5.41, 5.74) is 0. The van der Waals surface area contributed by atoms with Crippen LogP contribution < -0.4 is 0 Å². The highest BCUT2D eigenvalue weighted by Crippen LogP contribution is 1.98. The Morgan fingerprint density at radius 1 is 1.15 bits per heavy atom. The van der Waals surface area contributed by atoms with E-state index < -0.39 is 14.5 Å². The summed E-state index contributed by atoms with van der Waals surface area (Å²) >= 11 is 0. The Kier molecular flexibility index (Phi) is 37.3. The van der Waals surface area contributed by atoms with Gasteiger partial charge < -0.3 is 34.9 Å². The molecule has 0 aromatic rings. The largest absolute Gasteiger partial charge is 0.469 e. The number of carbonyl (C=O) groups is 1. The third-order valence-electron chi connectivity index (χ3n) is 1.16. The highest BCUT2D eigenvalue weighted by molar-refractivity contribution is 7.30. The minimum Gasteiger partial charge on any atom is -0.469 e. The van der Waals surface area contributed by atoms with Crippen molar-refractivity contribution in [1.82, 2.24) is 0 Å². The molecule has 0 amide bonds. The summed E-state index contributed by atoms with van der Waals surface area (Å²) in [6.07, 6.45) is 0.684. The number of esters is 1. The minimum absolute atomic E-state index is 0.125. The SMILES string of the molecule is CCC(=O)OC.CCCC(O)O.O=[PH](O)O.OCCO. The molecule has 9 nitrogen and oxygen atoms in total. The summed E-state index contributed by atoms with van der Waals surface area (Å²) in [5, 5.41) is 31.5. The average Bonchev–Trinajstić information content (AvgIpc) is 2.38. The number of carbonyl (C=O) groups excluding carboxylic acids is 1. The lowest BCUT2D eigenvalue weighted by Gasteiger charge is -1.94. The first-order valence-electron chi connectivity index (χ1n) is 5.79. The molecule has 0 saturated heterocycles. The third-order valence-corrected chi connectivity index (χ3v) is 1.16. The maximum absolute atomic E-state index is 9.96. The molecule has 0 heterocycles. The summed E-state index contributed by atoms with van der Waals surface area (Å²) < 4.78 is 13.0. The van der Waals surface area contributed by atoms with Crippen molar-refractivity contribution in [1.29, 1.82) is 0 Å². The number of rotatable bonds is 4. The van der Waals surface area contributed by atoms with E-state index in [0.717, 1.165) is 6.42 Å². The van der Waals surface area contributed by atoms with Crippen LogP contribution in [0.2, 0.25) is 0 Å². The summed E-state index contributed by atoms with van der Waals surface area (Å²) in [7, 11) is -1.75. The molecule has 6 N–H and O–H groups in total. The molecule has 20 heavy (non-hydrogen) atoms. The highest BCUT2D eigenvalue weighted by atomic mass is 31.1. The van der Waals surface area contributed by atoms with Crippen LogP contribution in [0.4, 0.5) is 0 Å². The fraction of sp³-hybridized carbons (Fsp3) is 0.900. The van der Waals surface area contributed by atoms with Crippen LogP contribution in [0.1, 0.15) is 33.1 Å². The van der Waals surface area contributed by atoms with Gasteiger partial charge in [0.1, 0.15) is 0 Å². The molecule has 0 saturated carbocycles. The molecule has 0 bridgehead atoms. The molecule has 0 aliphatic rings. The van der Waals surface area contributed by atoms with Crippen LogP contribution in [-0.2, 0) is 14.1 Å². The maximum atomic E-state index is 9.96. The van der Waals surface area contributed by atoms with Crippen molar-refractivity contribution in [3.05, 3.63) is 0 Å². The zero-order valence-electron chi connectivity index (χ0n) is 12.0. The van der Waals surface area contributed by atoms with Crippen molar-refractivity contribution in [3.8, 4) is 0 Å². The lowest BCUT2D eigenvalue weighted by Crippen LogP contribution is -2.01. The van der Waals surface area contributed by atoms with Gasteiger partial charge in [-0.3, -0.25) is 9.36 Å². The van der Waals surface area contributed by atoms with Gasteiger partial charge in [0.05, 0.1) is 20.3 Å². The quantitative estimate of drug-likeness (QED) is 0.216. The topological polar surface area (TPSA) is 165 Å². The number of ether oxygens (including phenoxy) is 1. The molecule has 0 aromatic heterocycles. The number of aliphatic hydroxyl groups excluding tert-OH is 3. The van der Waals surface area contributed by atoms with E-state index in [4.69, 9.17) is 34.8 Å². The Morgan fingerprint density at radius 2 is 1.50 bits per heavy atom. The molecular weight excluding hydrogens is 295 g/mol. The molecule has 0 aliphatic heterocycles. The van der Waals surface area contributed by atoms with Gasteiger partial charge in [-0.15, -0.1) is 0 Å². The summed E-state index contributed by atoms with van der Waals surface area (Å²) in [4.78, 5) is 24.3. The minimum atomic E-state index is -3.13.